The number of benzene rings is 2. The molecule has 24 heavy (non-hydrogen) atoms. The maximum absolute atomic E-state index is 12.9. The van der Waals surface area contributed by atoms with Crippen molar-refractivity contribution in [3.63, 3.8) is 0 Å². The Bertz CT molecular complexity index is 771. The fraction of sp³-hybridized carbons (Fsp3) is 0.158. The minimum atomic E-state index is -0.267. The lowest BCUT2D eigenvalue weighted by atomic mass is 10.1. The van der Waals surface area contributed by atoms with Gasteiger partial charge in [0, 0.05) is 12.1 Å². The maximum Gasteiger partial charge on any atom is 0.148 e. The van der Waals surface area contributed by atoms with Gasteiger partial charge >= 0.3 is 0 Å². The summed E-state index contributed by atoms with van der Waals surface area (Å²) < 4.78 is 12.9. The first-order valence-electron chi connectivity index (χ1n) is 7.77. The number of aromatic nitrogens is 2. The van der Waals surface area contributed by atoms with E-state index in [0.717, 1.165) is 24.1 Å². The Morgan fingerprint density at radius 2 is 1.54 bits per heavy atom. The van der Waals surface area contributed by atoms with E-state index in [9.17, 15) is 4.39 Å². The molecule has 1 aromatic heterocycles. The average Bonchev–Trinajstić information content (AvgIpc) is 2.64. The topological polar surface area (TPSA) is 58.0 Å². The van der Waals surface area contributed by atoms with Crippen molar-refractivity contribution in [3.05, 3.63) is 77.6 Å². The SMILES string of the molecule is OCc1ccc(CCNc2ccc(-c3ccc(F)cc3)nn2)cc1. The quantitative estimate of drug-likeness (QED) is 0.730. The molecular formula is C19H18FN3O. The van der Waals surface area contributed by atoms with Gasteiger partial charge in [0.1, 0.15) is 11.6 Å². The van der Waals surface area contributed by atoms with Crippen LogP contribution < -0.4 is 5.32 Å². The van der Waals surface area contributed by atoms with Gasteiger partial charge in [-0.2, -0.15) is 0 Å². The molecule has 0 aliphatic carbocycles. The molecule has 4 nitrogen and oxygen atoms in total. The predicted molar refractivity (Wildman–Crippen MR) is 92.0 cm³/mol. The molecular weight excluding hydrogens is 305 g/mol. The van der Waals surface area contributed by atoms with Crippen LogP contribution >= 0.6 is 0 Å². The molecule has 0 aliphatic rings. The van der Waals surface area contributed by atoms with Gasteiger partial charge in [0.25, 0.3) is 0 Å². The van der Waals surface area contributed by atoms with E-state index in [4.69, 9.17) is 5.11 Å². The van der Waals surface area contributed by atoms with Crippen LogP contribution in [0.5, 0.6) is 0 Å². The number of halogens is 1. The fourth-order valence-electron chi connectivity index (χ4n) is 2.35. The molecule has 0 amide bonds. The van der Waals surface area contributed by atoms with Crippen molar-refractivity contribution in [3.8, 4) is 11.3 Å². The Kier molecular flexibility index (Phi) is 5.13. The van der Waals surface area contributed by atoms with Crippen molar-refractivity contribution in [1.29, 1.82) is 0 Å². The van der Waals surface area contributed by atoms with Gasteiger partial charge in [0.05, 0.1) is 12.3 Å². The zero-order chi connectivity index (χ0) is 16.8. The van der Waals surface area contributed by atoms with Gasteiger partial charge < -0.3 is 10.4 Å². The smallest absolute Gasteiger partial charge is 0.148 e. The number of hydrogen-bond acceptors (Lipinski definition) is 4. The molecule has 0 saturated heterocycles. The molecule has 0 saturated carbocycles. The van der Waals surface area contributed by atoms with E-state index in [0.29, 0.717) is 11.5 Å². The summed E-state index contributed by atoms with van der Waals surface area (Å²) in [5, 5.41) is 20.6. The summed E-state index contributed by atoms with van der Waals surface area (Å²) in [6.07, 6.45) is 0.854. The summed E-state index contributed by atoms with van der Waals surface area (Å²) in [5.41, 5.74) is 3.64. The first-order valence-corrected chi connectivity index (χ1v) is 7.77. The highest BCUT2D eigenvalue weighted by atomic mass is 19.1. The Hall–Kier alpha value is -2.79. The van der Waals surface area contributed by atoms with E-state index in [1.807, 2.05) is 36.4 Å². The lowest BCUT2D eigenvalue weighted by Crippen LogP contribution is -2.07. The molecule has 0 aliphatic heterocycles. The molecule has 3 rings (SSSR count). The third-order valence-electron chi connectivity index (χ3n) is 3.73. The zero-order valence-corrected chi connectivity index (χ0v) is 13.1. The van der Waals surface area contributed by atoms with Crippen molar-refractivity contribution in [1.82, 2.24) is 10.2 Å². The largest absolute Gasteiger partial charge is 0.392 e. The second kappa shape index (κ2) is 7.66. The van der Waals surface area contributed by atoms with Crippen LogP contribution in [0.15, 0.2) is 60.7 Å². The van der Waals surface area contributed by atoms with Gasteiger partial charge in [-0.25, -0.2) is 4.39 Å². The highest BCUT2D eigenvalue weighted by Gasteiger charge is 2.02. The van der Waals surface area contributed by atoms with Crippen LogP contribution in [0, 0.1) is 5.82 Å². The van der Waals surface area contributed by atoms with E-state index in [1.165, 1.54) is 17.7 Å². The number of anilines is 1. The van der Waals surface area contributed by atoms with Crippen LogP contribution in [0.25, 0.3) is 11.3 Å². The monoisotopic (exact) mass is 323 g/mol. The molecule has 2 aromatic carbocycles. The molecule has 122 valence electrons. The molecule has 0 atom stereocenters. The molecule has 0 fully saturated rings. The number of aliphatic hydroxyl groups is 1. The minimum absolute atomic E-state index is 0.0640. The van der Waals surface area contributed by atoms with Crippen LogP contribution in [0.4, 0.5) is 10.2 Å². The van der Waals surface area contributed by atoms with E-state index in [-0.39, 0.29) is 12.4 Å². The van der Waals surface area contributed by atoms with Gasteiger partial charge in [0.2, 0.25) is 0 Å². The van der Waals surface area contributed by atoms with Crippen LogP contribution in [0.1, 0.15) is 11.1 Å². The van der Waals surface area contributed by atoms with Crippen LogP contribution in [0.3, 0.4) is 0 Å². The van der Waals surface area contributed by atoms with Crippen molar-refractivity contribution < 1.29 is 9.50 Å². The maximum atomic E-state index is 12.9. The van der Waals surface area contributed by atoms with Crippen molar-refractivity contribution in [2.75, 3.05) is 11.9 Å². The van der Waals surface area contributed by atoms with Crippen LogP contribution in [0.2, 0.25) is 0 Å². The third kappa shape index (κ3) is 4.14. The Balaban J connectivity index is 1.55. The van der Waals surface area contributed by atoms with E-state index >= 15 is 0 Å². The fourth-order valence-corrected chi connectivity index (χ4v) is 2.35. The van der Waals surface area contributed by atoms with Crippen molar-refractivity contribution in [2.45, 2.75) is 13.0 Å². The Labute approximate surface area is 140 Å². The zero-order valence-electron chi connectivity index (χ0n) is 13.1. The number of nitrogens with zero attached hydrogens (tertiary/aromatic N) is 2. The van der Waals surface area contributed by atoms with Gasteiger partial charge in [-0.3, -0.25) is 0 Å². The van der Waals surface area contributed by atoms with E-state index in [2.05, 4.69) is 15.5 Å². The summed E-state index contributed by atoms with van der Waals surface area (Å²) >= 11 is 0. The molecule has 0 spiro atoms. The number of rotatable bonds is 6. The molecule has 0 radical (unpaired) electrons. The number of aliphatic hydroxyl groups excluding tert-OH is 1. The van der Waals surface area contributed by atoms with Gasteiger partial charge in [-0.05, 0) is 53.9 Å². The Morgan fingerprint density at radius 3 is 2.17 bits per heavy atom. The summed E-state index contributed by atoms with van der Waals surface area (Å²) in [6, 6.07) is 17.8. The highest BCUT2D eigenvalue weighted by Crippen LogP contribution is 2.17. The van der Waals surface area contributed by atoms with Crippen LogP contribution in [-0.4, -0.2) is 21.8 Å². The standard InChI is InChI=1S/C19H18FN3O/c20-17-7-5-16(6-8-17)18-9-10-19(23-22-18)21-12-11-14-1-3-15(13-24)4-2-14/h1-10,24H,11-13H2,(H,21,23). The molecule has 3 aromatic rings. The highest BCUT2D eigenvalue weighted by molar-refractivity contribution is 5.59. The molecule has 2 N–H and O–H groups in total. The number of hydrogen-bond donors (Lipinski definition) is 2. The normalized spacial score (nSPS) is 10.6. The molecule has 0 bridgehead atoms. The van der Waals surface area contributed by atoms with E-state index in [1.54, 1.807) is 12.1 Å². The number of nitrogens with one attached hydrogen (secondary N) is 1. The average molecular weight is 323 g/mol. The predicted octanol–water partition coefficient (Wildman–Crippen LogP) is 3.43. The molecule has 5 heteroatoms. The van der Waals surface area contributed by atoms with Crippen molar-refractivity contribution in [2.24, 2.45) is 0 Å². The van der Waals surface area contributed by atoms with Crippen molar-refractivity contribution >= 4 is 5.82 Å². The second-order valence-electron chi connectivity index (χ2n) is 5.46. The first kappa shape index (κ1) is 16.1. The summed E-state index contributed by atoms with van der Waals surface area (Å²) in [4.78, 5) is 0. The van der Waals surface area contributed by atoms with E-state index < -0.39 is 0 Å². The Morgan fingerprint density at radius 1 is 0.833 bits per heavy atom. The lowest BCUT2D eigenvalue weighted by Gasteiger charge is -2.06. The summed E-state index contributed by atoms with van der Waals surface area (Å²) in [5.74, 6) is 0.435. The minimum Gasteiger partial charge on any atom is -0.392 e. The first-order chi connectivity index (χ1) is 11.7. The molecule has 0 unspecified atom stereocenters. The van der Waals surface area contributed by atoms with Gasteiger partial charge in [0.15, 0.2) is 0 Å². The summed E-state index contributed by atoms with van der Waals surface area (Å²) in [6.45, 7) is 0.803. The summed E-state index contributed by atoms with van der Waals surface area (Å²) in [7, 11) is 0. The second-order valence-corrected chi connectivity index (χ2v) is 5.46. The molecule has 1 heterocycles. The lowest BCUT2D eigenvalue weighted by molar-refractivity contribution is 0.282. The van der Waals surface area contributed by atoms with Gasteiger partial charge in [-0.1, -0.05) is 24.3 Å². The third-order valence-corrected chi connectivity index (χ3v) is 3.73. The van der Waals surface area contributed by atoms with Gasteiger partial charge in [-0.15, -0.1) is 10.2 Å². The van der Waals surface area contributed by atoms with Crippen LogP contribution in [-0.2, 0) is 13.0 Å².